The lowest BCUT2D eigenvalue weighted by atomic mass is 10.2. The van der Waals surface area contributed by atoms with Crippen molar-refractivity contribution in [3.05, 3.63) is 24.0 Å². The van der Waals surface area contributed by atoms with E-state index in [0.717, 1.165) is 38.2 Å². The molecule has 0 aliphatic heterocycles. The van der Waals surface area contributed by atoms with Gasteiger partial charge in [-0.25, -0.2) is 0 Å². The predicted octanol–water partition coefficient (Wildman–Crippen LogP) is 2.32. The number of hydrogen-bond acceptors (Lipinski definition) is 4. The van der Waals surface area contributed by atoms with Crippen molar-refractivity contribution < 1.29 is 4.79 Å². The molecule has 1 heterocycles. The Labute approximate surface area is 128 Å². The van der Waals surface area contributed by atoms with Crippen molar-refractivity contribution in [2.24, 2.45) is 0 Å². The maximum Gasteiger partial charge on any atom is 0.257 e. The maximum absolute atomic E-state index is 12.7. The van der Waals surface area contributed by atoms with Crippen molar-refractivity contribution in [2.45, 2.75) is 26.7 Å². The van der Waals surface area contributed by atoms with Crippen LogP contribution in [-0.2, 0) is 0 Å². The molecule has 0 bridgehead atoms. The first-order chi connectivity index (χ1) is 10.1. The van der Waals surface area contributed by atoms with E-state index in [2.05, 4.69) is 22.1 Å². The summed E-state index contributed by atoms with van der Waals surface area (Å²) in [7, 11) is 4.10. The zero-order valence-corrected chi connectivity index (χ0v) is 13.7. The van der Waals surface area contributed by atoms with Gasteiger partial charge in [0.2, 0.25) is 0 Å². The molecule has 118 valence electrons. The highest BCUT2D eigenvalue weighted by Crippen LogP contribution is 2.16. The molecule has 0 atom stereocenters. The van der Waals surface area contributed by atoms with Gasteiger partial charge in [0.25, 0.3) is 5.91 Å². The molecule has 1 rings (SSSR count). The van der Waals surface area contributed by atoms with E-state index in [4.69, 9.17) is 0 Å². The van der Waals surface area contributed by atoms with Crippen molar-refractivity contribution in [1.29, 1.82) is 0 Å². The van der Waals surface area contributed by atoms with E-state index in [1.54, 1.807) is 12.4 Å². The minimum absolute atomic E-state index is 0.0583. The molecule has 0 aromatic carbocycles. The number of nitrogens with one attached hydrogen (secondary N) is 1. The zero-order valence-electron chi connectivity index (χ0n) is 13.7. The van der Waals surface area contributed by atoms with Crippen molar-refractivity contribution in [3.63, 3.8) is 0 Å². The molecule has 5 nitrogen and oxygen atoms in total. The Morgan fingerprint density at radius 3 is 2.67 bits per heavy atom. The van der Waals surface area contributed by atoms with Gasteiger partial charge in [0.1, 0.15) is 0 Å². The monoisotopic (exact) mass is 292 g/mol. The topological polar surface area (TPSA) is 48.5 Å². The van der Waals surface area contributed by atoms with Crippen LogP contribution < -0.4 is 5.32 Å². The second-order valence-corrected chi connectivity index (χ2v) is 5.39. The molecule has 21 heavy (non-hydrogen) atoms. The molecule has 0 unspecified atom stereocenters. The minimum Gasteiger partial charge on any atom is -0.384 e. The van der Waals surface area contributed by atoms with E-state index >= 15 is 0 Å². The van der Waals surface area contributed by atoms with Crippen LogP contribution in [0.15, 0.2) is 18.5 Å². The number of hydrogen-bond donors (Lipinski definition) is 1. The molecule has 1 aromatic heterocycles. The summed E-state index contributed by atoms with van der Waals surface area (Å²) in [6, 6.07) is 1.87. The maximum atomic E-state index is 12.7. The molecule has 5 heteroatoms. The molecular weight excluding hydrogens is 264 g/mol. The number of aromatic nitrogens is 1. The molecule has 1 amide bonds. The predicted molar refractivity (Wildman–Crippen MR) is 87.8 cm³/mol. The number of amides is 1. The number of anilines is 1. The summed E-state index contributed by atoms with van der Waals surface area (Å²) >= 11 is 0. The Balaban J connectivity index is 2.74. The molecular formula is C16H28N4O. The van der Waals surface area contributed by atoms with Gasteiger partial charge in [-0.15, -0.1) is 0 Å². The third kappa shape index (κ3) is 5.71. The average molecular weight is 292 g/mol. The van der Waals surface area contributed by atoms with Crippen molar-refractivity contribution in [2.75, 3.05) is 45.6 Å². The zero-order chi connectivity index (χ0) is 15.7. The summed E-state index contributed by atoms with van der Waals surface area (Å²) < 4.78 is 0. The van der Waals surface area contributed by atoms with Gasteiger partial charge < -0.3 is 15.1 Å². The van der Waals surface area contributed by atoms with Crippen LogP contribution in [0.1, 0.15) is 37.0 Å². The highest BCUT2D eigenvalue weighted by Gasteiger charge is 2.17. The first kappa shape index (κ1) is 17.4. The van der Waals surface area contributed by atoms with Crippen molar-refractivity contribution >= 4 is 11.6 Å². The highest BCUT2D eigenvalue weighted by atomic mass is 16.2. The number of carbonyl (C=O) groups is 1. The number of rotatable bonds is 9. The van der Waals surface area contributed by atoms with Crippen LogP contribution >= 0.6 is 0 Å². The normalized spacial score (nSPS) is 10.7. The molecule has 0 saturated heterocycles. The van der Waals surface area contributed by atoms with Gasteiger partial charge in [0.05, 0.1) is 11.3 Å². The Morgan fingerprint density at radius 2 is 2.05 bits per heavy atom. The van der Waals surface area contributed by atoms with Gasteiger partial charge in [-0.1, -0.05) is 6.92 Å². The molecule has 1 aromatic rings. The summed E-state index contributed by atoms with van der Waals surface area (Å²) in [6.07, 6.45) is 5.38. The van der Waals surface area contributed by atoms with Crippen LogP contribution in [0.4, 0.5) is 5.69 Å². The van der Waals surface area contributed by atoms with Crippen LogP contribution in [0.5, 0.6) is 0 Å². The molecule has 0 fully saturated rings. The fourth-order valence-electron chi connectivity index (χ4n) is 2.13. The van der Waals surface area contributed by atoms with E-state index in [1.165, 1.54) is 0 Å². The van der Waals surface area contributed by atoms with Crippen molar-refractivity contribution in [1.82, 2.24) is 14.8 Å². The Hall–Kier alpha value is -1.62. The standard InChI is InChI=1S/C16H28N4O/c1-5-9-18-15-8-10-17-13-14(15)16(21)20(6-2)12-7-11-19(3)4/h8,10,13H,5-7,9,11-12H2,1-4H3,(H,17,18). The summed E-state index contributed by atoms with van der Waals surface area (Å²) in [5.74, 6) is 0.0583. The SMILES string of the molecule is CCCNc1ccncc1C(=O)N(CC)CCCN(C)C. The lowest BCUT2D eigenvalue weighted by molar-refractivity contribution is 0.0760. The third-order valence-corrected chi connectivity index (χ3v) is 3.32. The van der Waals surface area contributed by atoms with Crippen molar-refractivity contribution in [3.8, 4) is 0 Å². The first-order valence-electron chi connectivity index (χ1n) is 7.72. The Morgan fingerprint density at radius 1 is 1.29 bits per heavy atom. The van der Waals surface area contributed by atoms with E-state index < -0.39 is 0 Å². The minimum atomic E-state index is 0.0583. The van der Waals surface area contributed by atoms with Crippen LogP contribution in [0.2, 0.25) is 0 Å². The van der Waals surface area contributed by atoms with Gasteiger partial charge in [-0.3, -0.25) is 9.78 Å². The Kier molecular flexibility index (Phi) is 7.75. The average Bonchev–Trinajstić information content (AvgIpc) is 2.49. The Bertz CT molecular complexity index is 434. The second kappa shape index (κ2) is 9.34. The van der Waals surface area contributed by atoms with Gasteiger partial charge in [0.15, 0.2) is 0 Å². The van der Waals surface area contributed by atoms with Gasteiger partial charge in [-0.2, -0.15) is 0 Å². The lowest BCUT2D eigenvalue weighted by Gasteiger charge is -2.23. The van der Waals surface area contributed by atoms with E-state index in [-0.39, 0.29) is 5.91 Å². The van der Waals surface area contributed by atoms with Gasteiger partial charge in [-0.05, 0) is 46.5 Å². The van der Waals surface area contributed by atoms with E-state index in [0.29, 0.717) is 12.1 Å². The van der Waals surface area contributed by atoms with E-state index in [1.807, 2.05) is 32.0 Å². The molecule has 1 N–H and O–H groups in total. The summed E-state index contributed by atoms with van der Waals surface area (Å²) in [4.78, 5) is 20.8. The fraction of sp³-hybridized carbons (Fsp3) is 0.625. The molecule has 0 aliphatic carbocycles. The first-order valence-corrected chi connectivity index (χ1v) is 7.72. The highest BCUT2D eigenvalue weighted by molar-refractivity contribution is 5.99. The van der Waals surface area contributed by atoms with E-state index in [9.17, 15) is 4.79 Å². The molecule has 0 aliphatic rings. The smallest absolute Gasteiger partial charge is 0.257 e. The fourth-order valence-corrected chi connectivity index (χ4v) is 2.13. The number of pyridine rings is 1. The van der Waals surface area contributed by atoms with Crippen LogP contribution in [-0.4, -0.2) is 61.0 Å². The summed E-state index contributed by atoms with van der Waals surface area (Å²) in [5, 5.41) is 3.30. The van der Waals surface area contributed by atoms with Crippen LogP contribution in [0, 0.1) is 0 Å². The molecule has 0 spiro atoms. The lowest BCUT2D eigenvalue weighted by Crippen LogP contribution is -2.33. The van der Waals surface area contributed by atoms with Crippen LogP contribution in [0.3, 0.4) is 0 Å². The second-order valence-electron chi connectivity index (χ2n) is 5.39. The summed E-state index contributed by atoms with van der Waals surface area (Å²) in [6.45, 7) is 7.46. The largest absolute Gasteiger partial charge is 0.384 e. The quantitative estimate of drug-likeness (QED) is 0.759. The third-order valence-electron chi connectivity index (χ3n) is 3.32. The van der Waals surface area contributed by atoms with Gasteiger partial charge >= 0.3 is 0 Å². The number of carbonyl (C=O) groups excluding carboxylic acids is 1. The number of nitrogens with zero attached hydrogens (tertiary/aromatic N) is 3. The van der Waals surface area contributed by atoms with Crippen LogP contribution in [0.25, 0.3) is 0 Å². The molecule has 0 saturated carbocycles. The van der Waals surface area contributed by atoms with Gasteiger partial charge in [0, 0.05) is 32.0 Å². The summed E-state index contributed by atoms with van der Waals surface area (Å²) in [5.41, 5.74) is 1.54. The molecule has 0 radical (unpaired) electrons.